The van der Waals surface area contributed by atoms with Gasteiger partial charge in [-0.3, -0.25) is 4.84 Å². The second-order valence-electron chi connectivity index (χ2n) is 7.59. The fraction of sp³-hybridized carbons (Fsp3) is 0.667. The number of benzene rings is 1. The van der Waals surface area contributed by atoms with Crippen LogP contribution in [0.15, 0.2) is 30.3 Å². The number of rotatable bonds is 2. The van der Waals surface area contributed by atoms with E-state index in [1.165, 1.54) is 5.56 Å². The molecule has 4 saturated heterocycles. The largest absolute Gasteiger partial charge is 0.343 e. The molecule has 1 N–H and O–H groups in total. The molecule has 1 aromatic carbocycles. The van der Waals surface area contributed by atoms with Crippen LogP contribution in [0.3, 0.4) is 0 Å². The summed E-state index contributed by atoms with van der Waals surface area (Å²) < 4.78 is 18.3. The second-order valence-corrected chi connectivity index (χ2v) is 7.59. The fourth-order valence-electron chi connectivity index (χ4n) is 4.40. The first-order valence-corrected chi connectivity index (χ1v) is 8.81. The normalized spacial score (nSPS) is 43.4. The number of hydroxylamine groups is 2. The highest BCUT2D eigenvalue weighted by Crippen LogP contribution is 2.42. The Balaban J connectivity index is 1.37. The molecule has 0 aliphatic carbocycles. The molecule has 0 spiro atoms. The van der Waals surface area contributed by atoms with E-state index in [1.54, 1.807) is 0 Å². The zero-order valence-corrected chi connectivity index (χ0v) is 14.1. The minimum atomic E-state index is -0.576. The highest BCUT2D eigenvalue weighted by molar-refractivity contribution is 5.15. The Kier molecular flexibility index (Phi) is 3.49. The molecule has 24 heavy (non-hydrogen) atoms. The summed E-state index contributed by atoms with van der Waals surface area (Å²) >= 11 is 0. The summed E-state index contributed by atoms with van der Waals surface area (Å²) in [4.78, 5) is 6.15. The molecule has 0 radical (unpaired) electrons. The molecular weight excluding hydrogens is 308 g/mol. The number of fused-ring (bicyclic) bond motifs is 6. The monoisotopic (exact) mass is 332 g/mol. The average Bonchev–Trinajstić information content (AvgIpc) is 3.11. The molecule has 0 aromatic heterocycles. The molecule has 4 fully saturated rings. The van der Waals surface area contributed by atoms with E-state index in [0.717, 1.165) is 19.5 Å². The van der Waals surface area contributed by atoms with Gasteiger partial charge < -0.3 is 19.5 Å². The lowest BCUT2D eigenvalue weighted by Crippen LogP contribution is -2.53. The minimum Gasteiger partial charge on any atom is -0.343 e. The van der Waals surface area contributed by atoms with Crippen LogP contribution in [0.25, 0.3) is 0 Å². The smallest absolute Gasteiger partial charge is 0.189 e. The first-order chi connectivity index (χ1) is 11.6. The lowest BCUT2D eigenvalue weighted by Gasteiger charge is -2.33. The van der Waals surface area contributed by atoms with Gasteiger partial charge in [-0.25, -0.2) is 0 Å². The van der Waals surface area contributed by atoms with E-state index >= 15 is 0 Å². The van der Waals surface area contributed by atoms with Gasteiger partial charge in [0, 0.05) is 13.1 Å². The summed E-state index contributed by atoms with van der Waals surface area (Å²) in [6.45, 7) is 5.48. The Morgan fingerprint density at radius 1 is 1.17 bits per heavy atom. The third kappa shape index (κ3) is 2.49. The van der Waals surface area contributed by atoms with E-state index in [0.29, 0.717) is 0 Å². The lowest BCUT2D eigenvalue weighted by atomic mass is 9.99. The van der Waals surface area contributed by atoms with Gasteiger partial charge in [0.05, 0.1) is 24.3 Å². The van der Waals surface area contributed by atoms with Crippen molar-refractivity contribution in [2.75, 3.05) is 6.54 Å². The first-order valence-electron chi connectivity index (χ1n) is 8.81. The van der Waals surface area contributed by atoms with Crippen LogP contribution in [0, 0.1) is 0 Å². The molecule has 0 amide bonds. The predicted octanol–water partition coefficient (Wildman–Crippen LogP) is 1.41. The first kappa shape index (κ1) is 15.3. The van der Waals surface area contributed by atoms with Gasteiger partial charge in [-0.2, -0.15) is 5.06 Å². The number of nitrogens with one attached hydrogen (secondary N) is 1. The third-order valence-electron chi connectivity index (χ3n) is 5.39. The molecule has 4 aliphatic rings. The maximum atomic E-state index is 6.27. The van der Waals surface area contributed by atoms with Crippen LogP contribution >= 0.6 is 0 Å². The van der Waals surface area contributed by atoms with Gasteiger partial charge >= 0.3 is 0 Å². The Labute approximate surface area is 142 Å². The van der Waals surface area contributed by atoms with Gasteiger partial charge in [0.1, 0.15) is 6.10 Å². The molecule has 2 bridgehead atoms. The lowest BCUT2D eigenvalue weighted by molar-refractivity contribution is -0.234. The van der Waals surface area contributed by atoms with Gasteiger partial charge in [0.15, 0.2) is 12.1 Å². The average molecular weight is 332 g/mol. The standard InChI is InChI=1S/C18H24N2O4/c1-18(2)22-16-14-15(21-17(16)23-18)13-8-12(9-19-14)24-20(13)10-11-6-4-3-5-7-11/h3-7,12-17,19H,8-10H2,1-2H3/t12?,13?,14-,15+,16+,17+/m0/s1. The summed E-state index contributed by atoms with van der Waals surface area (Å²) in [5.74, 6) is -0.576. The maximum Gasteiger partial charge on any atom is 0.189 e. The molecule has 130 valence electrons. The van der Waals surface area contributed by atoms with Crippen molar-refractivity contribution in [3.8, 4) is 0 Å². The Bertz CT molecular complexity index is 610. The van der Waals surface area contributed by atoms with E-state index in [4.69, 9.17) is 19.0 Å². The predicted molar refractivity (Wildman–Crippen MR) is 85.8 cm³/mol. The van der Waals surface area contributed by atoms with Crippen molar-refractivity contribution >= 4 is 0 Å². The van der Waals surface area contributed by atoms with E-state index in [-0.39, 0.29) is 36.7 Å². The molecule has 6 heteroatoms. The zero-order valence-electron chi connectivity index (χ0n) is 14.1. The van der Waals surface area contributed by atoms with E-state index in [2.05, 4.69) is 34.6 Å². The van der Waals surface area contributed by atoms with Crippen molar-refractivity contribution in [1.82, 2.24) is 10.4 Å². The molecule has 2 unspecified atom stereocenters. The van der Waals surface area contributed by atoms with Gasteiger partial charge in [0.2, 0.25) is 0 Å². The second kappa shape index (κ2) is 5.49. The number of hydrogen-bond acceptors (Lipinski definition) is 6. The SMILES string of the molecule is CC1(C)O[C@H]2O[C@@H]3C4CC(CN[C@@H]3[C@H]2O1)ON4Cc1ccccc1. The molecule has 4 heterocycles. The van der Waals surface area contributed by atoms with Crippen molar-refractivity contribution in [3.05, 3.63) is 35.9 Å². The van der Waals surface area contributed by atoms with Crippen LogP contribution in [0.4, 0.5) is 0 Å². The van der Waals surface area contributed by atoms with Crippen LogP contribution in [-0.4, -0.2) is 54.1 Å². The van der Waals surface area contributed by atoms with Crippen molar-refractivity contribution in [1.29, 1.82) is 0 Å². The summed E-state index contributed by atoms with van der Waals surface area (Å²) in [7, 11) is 0. The van der Waals surface area contributed by atoms with Crippen molar-refractivity contribution < 1.29 is 19.0 Å². The van der Waals surface area contributed by atoms with Gasteiger partial charge in [-0.15, -0.1) is 0 Å². The molecule has 6 atom stereocenters. The summed E-state index contributed by atoms with van der Waals surface area (Å²) in [5.41, 5.74) is 1.25. The molecule has 0 saturated carbocycles. The van der Waals surface area contributed by atoms with E-state index < -0.39 is 5.79 Å². The fourth-order valence-corrected chi connectivity index (χ4v) is 4.40. The van der Waals surface area contributed by atoms with Crippen LogP contribution < -0.4 is 5.32 Å². The molecule has 5 rings (SSSR count). The Morgan fingerprint density at radius 3 is 2.83 bits per heavy atom. The van der Waals surface area contributed by atoms with Gasteiger partial charge in [0.25, 0.3) is 0 Å². The van der Waals surface area contributed by atoms with Crippen LogP contribution in [0.5, 0.6) is 0 Å². The van der Waals surface area contributed by atoms with Gasteiger partial charge in [-0.05, 0) is 25.8 Å². The van der Waals surface area contributed by atoms with Crippen LogP contribution in [-0.2, 0) is 25.6 Å². The van der Waals surface area contributed by atoms with Crippen molar-refractivity contribution in [2.24, 2.45) is 0 Å². The topological polar surface area (TPSA) is 52.2 Å². The number of ether oxygens (including phenoxy) is 3. The molecule has 6 nitrogen and oxygen atoms in total. The van der Waals surface area contributed by atoms with E-state index in [1.807, 2.05) is 19.9 Å². The third-order valence-corrected chi connectivity index (χ3v) is 5.39. The van der Waals surface area contributed by atoms with Crippen molar-refractivity contribution in [3.63, 3.8) is 0 Å². The highest BCUT2D eigenvalue weighted by Gasteiger charge is 2.59. The molecule has 4 aliphatic heterocycles. The summed E-state index contributed by atoms with van der Waals surface area (Å²) in [5, 5.41) is 5.69. The number of nitrogens with zero attached hydrogens (tertiary/aromatic N) is 1. The zero-order chi connectivity index (χ0) is 16.3. The van der Waals surface area contributed by atoms with Crippen LogP contribution in [0.2, 0.25) is 0 Å². The molecular formula is C18H24N2O4. The molecule has 1 aromatic rings. The Morgan fingerprint density at radius 2 is 2.00 bits per heavy atom. The van der Waals surface area contributed by atoms with Crippen LogP contribution in [0.1, 0.15) is 25.8 Å². The van der Waals surface area contributed by atoms with Gasteiger partial charge in [-0.1, -0.05) is 30.3 Å². The van der Waals surface area contributed by atoms with E-state index in [9.17, 15) is 0 Å². The Hall–Kier alpha value is -1.02. The maximum absolute atomic E-state index is 6.27. The summed E-state index contributed by atoms with van der Waals surface area (Å²) in [6.07, 6.45) is 0.847. The number of hydrogen-bond donors (Lipinski definition) is 1. The minimum absolute atomic E-state index is 0.0207. The van der Waals surface area contributed by atoms with Crippen molar-refractivity contribution in [2.45, 2.75) is 69.3 Å². The summed E-state index contributed by atoms with van der Waals surface area (Å²) in [6, 6.07) is 10.8. The highest BCUT2D eigenvalue weighted by atomic mass is 16.8. The quantitative estimate of drug-likeness (QED) is 0.884.